The van der Waals surface area contributed by atoms with Gasteiger partial charge in [0.25, 0.3) is 5.91 Å². The van der Waals surface area contributed by atoms with E-state index < -0.39 is 0 Å². The highest BCUT2D eigenvalue weighted by Gasteiger charge is 2.00. The minimum Gasteiger partial charge on any atom is -0.355 e. The summed E-state index contributed by atoms with van der Waals surface area (Å²) >= 11 is 0. The zero-order valence-corrected chi connectivity index (χ0v) is 14.4. The number of benzene rings is 2. The van der Waals surface area contributed by atoms with Gasteiger partial charge >= 0.3 is 0 Å². The van der Waals surface area contributed by atoms with Gasteiger partial charge in [-0.3, -0.25) is 4.79 Å². The topological polar surface area (TPSA) is 29.1 Å². The van der Waals surface area contributed by atoms with Crippen molar-refractivity contribution < 1.29 is 4.79 Å². The number of allylic oxidation sites excluding steroid dienone is 1. The molecule has 0 saturated carbocycles. The summed E-state index contributed by atoms with van der Waals surface area (Å²) in [5.74, 6) is -0.0686. The van der Waals surface area contributed by atoms with Crippen LogP contribution >= 0.6 is 0 Å². The summed E-state index contributed by atoms with van der Waals surface area (Å²) in [5, 5.41) is 2.61. The predicted octanol–water partition coefficient (Wildman–Crippen LogP) is 5.28. The Morgan fingerprint density at radius 2 is 1.26 bits per heavy atom. The molecule has 2 aromatic rings. The van der Waals surface area contributed by atoms with E-state index in [2.05, 4.69) is 42.2 Å². The van der Waals surface area contributed by atoms with Crippen molar-refractivity contribution in [2.24, 2.45) is 0 Å². The van der Waals surface area contributed by atoms with Crippen LogP contribution in [0.5, 0.6) is 0 Å². The van der Waals surface area contributed by atoms with Crippen molar-refractivity contribution in [3.8, 4) is 0 Å². The average Bonchev–Trinajstić information content (AvgIpc) is 2.61. The largest absolute Gasteiger partial charge is 0.355 e. The lowest BCUT2D eigenvalue weighted by Crippen LogP contribution is -2.17. The molecule has 23 heavy (non-hydrogen) atoms. The lowest BCUT2D eigenvalue weighted by atomic mass is 10.1. The first-order chi connectivity index (χ1) is 11.1. The van der Waals surface area contributed by atoms with Gasteiger partial charge in [-0.1, -0.05) is 74.5 Å². The first-order valence-electron chi connectivity index (χ1n) is 7.86. The summed E-state index contributed by atoms with van der Waals surface area (Å²) in [6.45, 7) is 9.93. The Balaban J connectivity index is 0.00000127. The van der Waals surface area contributed by atoms with Crippen molar-refractivity contribution in [2.75, 3.05) is 7.05 Å². The molecule has 0 radical (unpaired) electrons. The number of carbonyl (C=O) groups excluding carboxylic acids is 1. The first kappa shape index (κ1) is 18.4. The molecule has 0 aromatic heterocycles. The highest BCUT2D eigenvalue weighted by Crippen LogP contribution is 2.14. The van der Waals surface area contributed by atoms with Gasteiger partial charge in [0.15, 0.2) is 0 Å². The molecule has 0 spiro atoms. The molecule has 0 unspecified atom stereocenters. The van der Waals surface area contributed by atoms with Gasteiger partial charge in [-0.2, -0.15) is 0 Å². The van der Waals surface area contributed by atoms with Crippen LogP contribution in [0.1, 0.15) is 47.8 Å². The third kappa shape index (κ3) is 5.59. The van der Waals surface area contributed by atoms with E-state index in [0.29, 0.717) is 5.56 Å². The van der Waals surface area contributed by atoms with E-state index in [-0.39, 0.29) is 5.91 Å². The second-order valence-electron chi connectivity index (χ2n) is 4.94. The van der Waals surface area contributed by atoms with Gasteiger partial charge in [-0.25, -0.2) is 0 Å². The molecule has 2 heteroatoms. The average molecular weight is 307 g/mol. The quantitative estimate of drug-likeness (QED) is 0.765. The minimum atomic E-state index is -0.0686. The number of carbonyl (C=O) groups is 1. The van der Waals surface area contributed by atoms with Crippen LogP contribution in [0.4, 0.5) is 0 Å². The van der Waals surface area contributed by atoms with Crippen LogP contribution < -0.4 is 5.32 Å². The maximum Gasteiger partial charge on any atom is 0.251 e. The van der Waals surface area contributed by atoms with Gasteiger partial charge in [0.1, 0.15) is 0 Å². The molecule has 0 fully saturated rings. The maximum atomic E-state index is 11.5. The molecule has 0 aliphatic rings. The smallest absolute Gasteiger partial charge is 0.251 e. The van der Waals surface area contributed by atoms with Gasteiger partial charge < -0.3 is 5.32 Å². The number of rotatable bonds is 4. The fraction of sp³-hybridized carbons (Fsp3) is 0.190. The number of hydrogen-bond acceptors (Lipinski definition) is 1. The van der Waals surface area contributed by atoms with E-state index in [1.807, 2.05) is 51.1 Å². The van der Waals surface area contributed by atoms with Crippen molar-refractivity contribution in [3.05, 3.63) is 77.4 Å². The zero-order chi connectivity index (χ0) is 17.2. The Morgan fingerprint density at radius 3 is 1.61 bits per heavy atom. The van der Waals surface area contributed by atoms with E-state index in [1.165, 1.54) is 0 Å². The summed E-state index contributed by atoms with van der Waals surface area (Å²) in [6, 6.07) is 15.8. The minimum absolute atomic E-state index is 0.0686. The molecule has 0 heterocycles. The Morgan fingerprint density at radius 1 is 0.870 bits per heavy atom. The van der Waals surface area contributed by atoms with Crippen molar-refractivity contribution in [2.45, 2.75) is 20.8 Å². The summed E-state index contributed by atoms with van der Waals surface area (Å²) in [5.41, 5.74) is 5.08. The van der Waals surface area contributed by atoms with E-state index in [4.69, 9.17) is 0 Å². The van der Waals surface area contributed by atoms with Crippen LogP contribution in [0.15, 0.2) is 55.1 Å². The van der Waals surface area contributed by atoms with Gasteiger partial charge in [-0.15, -0.1) is 0 Å². The molecular formula is C21H25NO. The van der Waals surface area contributed by atoms with E-state index >= 15 is 0 Å². The van der Waals surface area contributed by atoms with Gasteiger partial charge in [0.2, 0.25) is 0 Å². The normalized spacial score (nSPS) is 9.91. The van der Waals surface area contributed by atoms with Crippen molar-refractivity contribution in [3.63, 3.8) is 0 Å². The third-order valence-corrected chi connectivity index (χ3v) is 3.27. The number of hydrogen-bond donors (Lipinski definition) is 1. The van der Waals surface area contributed by atoms with Crippen molar-refractivity contribution in [1.82, 2.24) is 5.32 Å². The van der Waals surface area contributed by atoms with Crippen LogP contribution in [-0.4, -0.2) is 13.0 Å². The fourth-order valence-electron chi connectivity index (χ4n) is 1.96. The van der Waals surface area contributed by atoms with Crippen LogP contribution in [0.2, 0.25) is 0 Å². The first-order valence-corrected chi connectivity index (χ1v) is 7.86. The van der Waals surface area contributed by atoms with E-state index in [0.717, 1.165) is 22.3 Å². The van der Waals surface area contributed by atoms with Crippen LogP contribution in [-0.2, 0) is 0 Å². The van der Waals surface area contributed by atoms with Gasteiger partial charge in [-0.05, 0) is 35.7 Å². The molecule has 0 bridgehead atoms. The standard InChI is InChI=1S/C19H19NO.C2H6/c1-14(2)17-10-6-15(7-11-17)4-5-16-8-12-18(13-9-16)19(21)20-3;1-2/h4-13H,1H2,2-3H3,(H,20,21);1-2H3/b5-4+;. The lowest BCUT2D eigenvalue weighted by Gasteiger charge is -2.01. The molecule has 1 N–H and O–H groups in total. The SMILES string of the molecule is C=C(C)c1ccc(/C=C/c2ccc(C(=O)NC)cc2)cc1.CC. The second kappa shape index (κ2) is 9.42. The van der Waals surface area contributed by atoms with Crippen molar-refractivity contribution >= 4 is 23.6 Å². The molecule has 120 valence electrons. The summed E-state index contributed by atoms with van der Waals surface area (Å²) in [6.07, 6.45) is 4.08. The monoisotopic (exact) mass is 307 g/mol. The fourth-order valence-corrected chi connectivity index (χ4v) is 1.96. The Bertz CT molecular complexity index is 664. The third-order valence-electron chi connectivity index (χ3n) is 3.27. The van der Waals surface area contributed by atoms with Crippen LogP contribution in [0, 0.1) is 0 Å². The number of nitrogens with one attached hydrogen (secondary N) is 1. The van der Waals surface area contributed by atoms with Crippen molar-refractivity contribution in [1.29, 1.82) is 0 Å². The molecule has 0 aliphatic carbocycles. The molecule has 2 nitrogen and oxygen atoms in total. The molecule has 2 aromatic carbocycles. The summed E-state index contributed by atoms with van der Waals surface area (Å²) in [7, 11) is 1.63. The number of amides is 1. The lowest BCUT2D eigenvalue weighted by molar-refractivity contribution is 0.0963. The Kier molecular flexibility index (Phi) is 7.55. The van der Waals surface area contributed by atoms with E-state index in [9.17, 15) is 4.79 Å². The molecular weight excluding hydrogens is 282 g/mol. The highest BCUT2D eigenvalue weighted by atomic mass is 16.1. The predicted molar refractivity (Wildman–Crippen MR) is 101 cm³/mol. The molecule has 0 aliphatic heterocycles. The van der Waals surface area contributed by atoms with E-state index in [1.54, 1.807) is 7.05 Å². The van der Waals surface area contributed by atoms with Gasteiger partial charge in [0, 0.05) is 12.6 Å². The highest BCUT2D eigenvalue weighted by molar-refractivity contribution is 5.94. The molecule has 1 amide bonds. The summed E-state index contributed by atoms with van der Waals surface area (Å²) < 4.78 is 0. The Hall–Kier alpha value is -2.61. The zero-order valence-electron chi connectivity index (χ0n) is 14.4. The molecule has 0 saturated heterocycles. The molecule has 2 rings (SSSR count). The van der Waals surface area contributed by atoms with Crippen LogP contribution in [0.3, 0.4) is 0 Å². The molecule has 0 atom stereocenters. The van der Waals surface area contributed by atoms with Gasteiger partial charge in [0.05, 0.1) is 0 Å². The Labute approximate surface area is 139 Å². The second-order valence-corrected chi connectivity index (χ2v) is 4.94. The van der Waals surface area contributed by atoms with Crippen LogP contribution in [0.25, 0.3) is 17.7 Å². The maximum absolute atomic E-state index is 11.5. The summed E-state index contributed by atoms with van der Waals surface area (Å²) in [4.78, 5) is 11.5.